The lowest BCUT2D eigenvalue weighted by molar-refractivity contribution is 0.0584. The third-order valence-electron chi connectivity index (χ3n) is 2.69. The van der Waals surface area contributed by atoms with Crippen LogP contribution in [-0.4, -0.2) is 16.4 Å². The summed E-state index contributed by atoms with van der Waals surface area (Å²) in [4.78, 5) is 4.09. The van der Waals surface area contributed by atoms with Gasteiger partial charge >= 0.3 is 0 Å². The molecule has 2 unspecified atom stereocenters. The van der Waals surface area contributed by atoms with Crippen molar-refractivity contribution in [2.45, 2.75) is 32.0 Å². The smallest absolute Gasteiger partial charge is 0.0833 e. The number of pyridine rings is 1. The van der Waals surface area contributed by atoms with Crippen LogP contribution in [0, 0.1) is 6.92 Å². The first-order chi connectivity index (χ1) is 6.81. The highest BCUT2D eigenvalue weighted by molar-refractivity contribution is 9.09. The van der Waals surface area contributed by atoms with Crippen molar-refractivity contribution in [1.82, 2.24) is 4.98 Å². The molecule has 14 heavy (non-hydrogen) atoms. The summed E-state index contributed by atoms with van der Waals surface area (Å²) in [5.74, 6) is 0. The van der Waals surface area contributed by atoms with Crippen LogP contribution < -0.4 is 0 Å². The molecule has 0 aliphatic carbocycles. The van der Waals surface area contributed by atoms with Gasteiger partial charge in [0.1, 0.15) is 0 Å². The Morgan fingerprint density at radius 3 is 3.07 bits per heavy atom. The number of ether oxygens (including phenoxy) is 1. The molecular weight excluding hydrogens is 242 g/mol. The fourth-order valence-electron chi connectivity index (χ4n) is 1.89. The molecule has 0 amide bonds. The van der Waals surface area contributed by atoms with E-state index in [2.05, 4.69) is 33.9 Å². The highest BCUT2D eigenvalue weighted by Gasteiger charge is 2.26. The lowest BCUT2D eigenvalue weighted by atomic mass is 10.0. The minimum atomic E-state index is 0.278. The minimum Gasteiger partial charge on any atom is -0.369 e. The summed E-state index contributed by atoms with van der Waals surface area (Å²) < 4.78 is 5.90. The van der Waals surface area contributed by atoms with Crippen molar-refractivity contribution in [1.29, 1.82) is 0 Å². The summed E-state index contributed by atoms with van der Waals surface area (Å²) in [6.07, 6.45) is 6.68. The Morgan fingerprint density at radius 2 is 2.43 bits per heavy atom. The van der Waals surface area contributed by atoms with Crippen LogP contribution in [0.25, 0.3) is 0 Å². The van der Waals surface area contributed by atoms with Crippen molar-refractivity contribution in [2.24, 2.45) is 0 Å². The van der Waals surface area contributed by atoms with E-state index in [9.17, 15) is 0 Å². The first-order valence-electron chi connectivity index (χ1n) is 4.93. The molecule has 2 heterocycles. The van der Waals surface area contributed by atoms with Gasteiger partial charge in [-0.1, -0.05) is 15.9 Å². The molecule has 2 nitrogen and oxygen atoms in total. The molecule has 3 heteroatoms. The van der Waals surface area contributed by atoms with E-state index in [4.69, 9.17) is 4.74 Å². The summed E-state index contributed by atoms with van der Waals surface area (Å²) in [7, 11) is 0. The predicted molar refractivity (Wildman–Crippen MR) is 59.6 cm³/mol. The zero-order chi connectivity index (χ0) is 9.97. The van der Waals surface area contributed by atoms with Crippen LogP contribution in [0.1, 0.15) is 30.1 Å². The van der Waals surface area contributed by atoms with Gasteiger partial charge in [-0.25, -0.2) is 0 Å². The molecule has 0 radical (unpaired) electrons. The van der Waals surface area contributed by atoms with Gasteiger partial charge in [-0.05, 0) is 37.0 Å². The third kappa shape index (κ3) is 1.98. The maximum absolute atomic E-state index is 5.90. The van der Waals surface area contributed by atoms with E-state index in [1.807, 2.05) is 12.4 Å². The lowest BCUT2D eigenvalue weighted by Gasteiger charge is -2.14. The SMILES string of the molecule is Cc1cnccc1C1CCC(CBr)O1. The van der Waals surface area contributed by atoms with Crippen molar-refractivity contribution in [3.63, 3.8) is 0 Å². The summed E-state index contributed by atoms with van der Waals surface area (Å²) in [6, 6.07) is 2.07. The van der Waals surface area contributed by atoms with E-state index in [0.717, 1.165) is 18.2 Å². The zero-order valence-corrected chi connectivity index (χ0v) is 9.83. The van der Waals surface area contributed by atoms with Crippen LogP contribution in [0.3, 0.4) is 0 Å². The summed E-state index contributed by atoms with van der Waals surface area (Å²) in [5.41, 5.74) is 2.52. The summed E-state index contributed by atoms with van der Waals surface area (Å²) in [5, 5.41) is 0.938. The third-order valence-corrected chi connectivity index (χ3v) is 3.41. The highest BCUT2D eigenvalue weighted by atomic mass is 79.9. The molecule has 0 bridgehead atoms. The number of aromatic nitrogens is 1. The van der Waals surface area contributed by atoms with Crippen LogP contribution in [0.4, 0.5) is 0 Å². The summed E-state index contributed by atoms with van der Waals surface area (Å²) in [6.45, 7) is 2.09. The molecule has 2 rings (SSSR count). The van der Waals surface area contributed by atoms with E-state index in [0.29, 0.717) is 6.10 Å². The van der Waals surface area contributed by atoms with Crippen LogP contribution in [0.5, 0.6) is 0 Å². The van der Waals surface area contributed by atoms with Crippen molar-refractivity contribution >= 4 is 15.9 Å². The van der Waals surface area contributed by atoms with Gasteiger partial charge < -0.3 is 4.74 Å². The van der Waals surface area contributed by atoms with Crippen molar-refractivity contribution in [2.75, 3.05) is 5.33 Å². The topological polar surface area (TPSA) is 22.1 Å². The fourth-order valence-corrected chi connectivity index (χ4v) is 2.37. The van der Waals surface area contributed by atoms with E-state index >= 15 is 0 Å². The molecule has 1 aliphatic rings. The van der Waals surface area contributed by atoms with E-state index < -0.39 is 0 Å². The van der Waals surface area contributed by atoms with Gasteiger partial charge in [-0.2, -0.15) is 0 Å². The molecule has 0 aromatic carbocycles. The number of nitrogens with zero attached hydrogens (tertiary/aromatic N) is 1. The molecule has 1 fully saturated rings. The second kappa shape index (κ2) is 4.41. The van der Waals surface area contributed by atoms with E-state index in [1.165, 1.54) is 11.1 Å². The highest BCUT2D eigenvalue weighted by Crippen LogP contribution is 2.34. The quantitative estimate of drug-likeness (QED) is 0.759. The Hall–Kier alpha value is -0.410. The number of alkyl halides is 1. The van der Waals surface area contributed by atoms with Crippen LogP contribution in [-0.2, 0) is 4.74 Å². The van der Waals surface area contributed by atoms with Gasteiger partial charge in [0.2, 0.25) is 0 Å². The second-order valence-corrected chi connectivity index (χ2v) is 4.36. The number of rotatable bonds is 2. The van der Waals surface area contributed by atoms with Gasteiger partial charge in [-0.15, -0.1) is 0 Å². The number of aryl methyl sites for hydroxylation is 1. The Labute approximate surface area is 92.8 Å². The van der Waals surface area contributed by atoms with Crippen molar-refractivity contribution in [3.8, 4) is 0 Å². The van der Waals surface area contributed by atoms with Gasteiger partial charge in [0.05, 0.1) is 12.2 Å². The Balaban J connectivity index is 2.13. The monoisotopic (exact) mass is 255 g/mol. The average Bonchev–Trinajstić information content (AvgIpc) is 2.67. The molecule has 1 aromatic heterocycles. The van der Waals surface area contributed by atoms with Gasteiger partial charge in [0.15, 0.2) is 0 Å². The van der Waals surface area contributed by atoms with Gasteiger partial charge in [-0.3, -0.25) is 4.98 Å². The van der Waals surface area contributed by atoms with Gasteiger partial charge in [0, 0.05) is 17.7 Å². The molecule has 1 saturated heterocycles. The van der Waals surface area contributed by atoms with Crippen LogP contribution >= 0.6 is 15.9 Å². The molecule has 0 saturated carbocycles. The largest absolute Gasteiger partial charge is 0.369 e. The molecular formula is C11H14BrNO. The molecule has 1 aliphatic heterocycles. The predicted octanol–water partition coefficient (Wildman–Crippen LogP) is 3.01. The number of hydrogen-bond acceptors (Lipinski definition) is 2. The first-order valence-corrected chi connectivity index (χ1v) is 6.05. The first kappa shape index (κ1) is 10.1. The molecule has 76 valence electrons. The van der Waals surface area contributed by atoms with Crippen LogP contribution in [0.2, 0.25) is 0 Å². The van der Waals surface area contributed by atoms with E-state index in [1.54, 1.807) is 0 Å². The van der Waals surface area contributed by atoms with Crippen molar-refractivity contribution < 1.29 is 4.74 Å². The van der Waals surface area contributed by atoms with Gasteiger partial charge in [0.25, 0.3) is 0 Å². The number of halogens is 1. The molecule has 0 N–H and O–H groups in total. The molecule has 2 atom stereocenters. The average molecular weight is 256 g/mol. The Bertz CT molecular complexity index is 316. The Morgan fingerprint density at radius 1 is 1.57 bits per heavy atom. The lowest BCUT2D eigenvalue weighted by Crippen LogP contribution is -2.08. The molecule has 0 spiro atoms. The summed E-state index contributed by atoms with van der Waals surface area (Å²) >= 11 is 3.46. The van der Waals surface area contributed by atoms with Crippen LogP contribution in [0.15, 0.2) is 18.5 Å². The fraction of sp³-hybridized carbons (Fsp3) is 0.545. The minimum absolute atomic E-state index is 0.278. The Kier molecular flexibility index (Phi) is 3.19. The molecule has 1 aromatic rings. The second-order valence-electron chi connectivity index (χ2n) is 3.71. The number of hydrogen-bond donors (Lipinski definition) is 0. The maximum atomic E-state index is 5.90. The van der Waals surface area contributed by atoms with Crippen molar-refractivity contribution in [3.05, 3.63) is 29.6 Å². The zero-order valence-electron chi connectivity index (χ0n) is 8.24. The normalized spacial score (nSPS) is 26.7. The van der Waals surface area contributed by atoms with E-state index in [-0.39, 0.29) is 6.10 Å². The maximum Gasteiger partial charge on any atom is 0.0833 e. The standard InChI is InChI=1S/C11H14BrNO/c1-8-7-13-5-4-10(8)11-3-2-9(6-12)14-11/h4-5,7,9,11H,2-3,6H2,1H3.